The number of benzene rings is 1. The maximum atomic E-state index is 14.4. The number of nitrogens with zero attached hydrogens (tertiary/aromatic N) is 3. The second kappa shape index (κ2) is 10.5. The van der Waals surface area contributed by atoms with Crippen molar-refractivity contribution in [3.8, 4) is 17.0 Å². The van der Waals surface area contributed by atoms with Crippen molar-refractivity contribution in [2.75, 3.05) is 30.3 Å². The van der Waals surface area contributed by atoms with E-state index in [1.54, 1.807) is 12.1 Å². The highest BCUT2D eigenvalue weighted by Gasteiger charge is 2.26. The predicted molar refractivity (Wildman–Crippen MR) is 135 cm³/mol. The molecule has 1 aromatic carbocycles. The third kappa shape index (κ3) is 5.91. The minimum atomic E-state index is -4.26. The molecule has 2 aromatic heterocycles. The van der Waals surface area contributed by atoms with Crippen molar-refractivity contribution in [2.24, 2.45) is 5.92 Å². The molecule has 0 atom stereocenters. The first kappa shape index (κ1) is 25.4. The zero-order valence-corrected chi connectivity index (χ0v) is 20.9. The molecule has 1 amide bonds. The van der Waals surface area contributed by atoms with Gasteiger partial charge in [0.1, 0.15) is 23.2 Å². The van der Waals surface area contributed by atoms with Gasteiger partial charge >= 0.3 is 0 Å². The summed E-state index contributed by atoms with van der Waals surface area (Å²) in [5, 5.41) is -0.364. The van der Waals surface area contributed by atoms with Crippen molar-refractivity contribution < 1.29 is 22.3 Å². The van der Waals surface area contributed by atoms with Crippen LogP contribution in [0.5, 0.6) is 5.75 Å². The van der Waals surface area contributed by atoms with Crippen molar-refractivity contribution in [3.63, 3.8) is 0 Å². The number of nitrogens with two attached hydrogens (primary N) is 1. The van der Waals surface area contributed by atoms with E-state index in [-0.39, 0.29) is 22.3 Å². The fraction of sp³-hybridized carbons (Fsp3) is 0.320. The Balaban J connectivity index is 1.68. The van der Waals surface area contributed by atoms with E-state index in [0.29, 0.717) is 42.5 Å². The van der Waals surface area contributed by atoms with Crippen LogP contribution in [0.4, 0.5) is 16.0 Å². The Kier molecular flexibility index (Phi) is 7.39. The summed E-state index contributed by atoms with van der Waals surface area (Å²) in [6.45, 7) is 5.75. The van der Waals surface area contributed by atoms with Crippen LogP contribution in [0.15, 0.2) is 53.6 Å². The Bertz CT molecular complexity index is 1370. The molecule has 0 unspecified atom stereocenters. The molecule has 3 aromatic rings. The molecule has 190 valence electrons. The molecule has 3 N–H and O–H groups in total. The van der Waals surface area contributed by atoms with Gasteiger partial charge in [-0.25, -0.2) is 19.1 Å². The molecule has 1 saturated heterocycles. The molecule has 0 bridgehead atoms. The number of ether oxygens (including phenoxy) is 1. The van der Waals surface area contributed by atoms with E-state index in [1.807, 2.05) is 18.7 Å². The number of nitrogens with one attached hydrogen (secondary N) is 1. The zero-order chi connectivity index (χ0) is 25.9. The lowest BCUT2D eigenvalue weighted by molar-refractivity contribution is 0.0981. The van der Waals surface area contributed by atoms with Crippen LogP contribution in [0, 0.1) is 11.7 Å². The minimum Gasteiger partial charge on any atom is -0.493 e. The number of rotatable bonds is 8. The number of carbonyl (C=O) groups excluding carboxylic acids is 1. The van der Waals surface area contributed by atoms with Gasteiger partial charge in [-0.05, 0) is 55.2 Å². The van der Waals surface area contributed by atoms with E-state index in [1.165, 1.54) is 36.4 Å². The quantitative estimate of drug-likeness (QED) is 0.468. The molecule has 11 heteroatoms. The van der Waals surface area contributed by atoms with Gasteiger partial charge in [0.15, 0.2) is 5.03 Å². The number of hydrogen-bond acceptors (Lipinski definition) is 8. The Labute approximate surface area is 209 Å². The Hall–Kier alpha value is -3.73. The van der Waals surface area contributed by atoms with Crippen molar-refractivity contribution in [1.82, 2.24) is 14.7 Å². The molecule has 0 spiro atoms. The SMILES string of the molecule is CC(C)COc1cc(F)cc(-c2ccc(C(=O)NS(=O)(=O)c3cccc(N)n3)c(N3CCCC3)n2)c1. The summed E-state index contributed by atoms with van der Waals surface area (Å²) >= 11 is 0. The van der Waals surface area contributed by atoms with Gasteiger partial charge in [-0.2, -0.15) is 8.42 Å². The number of hydrogen-bond donors (Lipinski definition) is 2. The highest BCUT2D eigenvalue weighted by molar-refractivity contribution is 7.90. The van der Waals surface area contributed by atoms with Gasteiger partial charge in [-0.1, -0.05) is 19.9 Å². The summed E-state index contributed by atoms with van der Waals surface area (Å²) in [6, 6.07) is 11.5. The summed E-state index contributed by atoms with van der Waals surface area (Å²) in [6.07, 6.45) is 1.82. The number of sulfonamides is 1. The lowest BCUT2D eigenvalue weighted by Gasteiger charge is -2.21. The van der Waals surface area contributed by atoms with E-state index < -0.39 is 21.7 Å². The average Bonchev–Trinajstić information content (AvgIpc) is 3.37. The molecular weight excluding hydrogens is 485 g/mol. The van der Waals surface area contributed by atoms with Gasteiger partial charge in [-0.15, -0.1) is 0 Å². The fourth-order valence-electron chi connectivity index (χ4n) is 3.82. The number of amides is 1. The topological polar surface area (TPSA) is 128 Å². The molecule has 1 aliphatic heterocycles. The van der Waals surface area contributed by atoms with Crippen LogP contribution >= 0.6 is 0 Å². The van der Waals surface area contributed by atoms with E-state index in [9.17, 15) is 17.6 Å². The lowest BCUT2D eigenvalue weighted by Crippen LogP contribution is -2.33. The zero-order valence-electron chi connectivity index (χ0n) is 20.1. The van der Waals surface area contributed by atoms with Crippen LogP contribution < -0.4 is 20.1 Å². The van der Waals surface area contributed by atoms with E-state index in [4.69, 9.17) is 10.5 Å². The third-order valence-electron chi connectivity index (χ3n) is 5.52. The van der Waals surface area contributed by atoms with E-state index in [2.05, 4.69) is 14.7 Å². The van der Waals surface area contributed by atoms with Crippen LogP contribution in [-0.4, -0.2) is 44.0 Å². The molecule has 36 heavy (non-hydrogen) atoms. The van der Waals surface area contributed by atoms with Crippen LogP contribution in [0.1, 0.15) is 37.0 Å². The van der Waals surface area contributed by atoms with E-state index >= 15 is 0 Å². The van der Waals surface area contributed by atoms with Gasteiger partial charge in [0.25, 0.3) is 15.9 Å². The summed E-state index contributed by atoms with van der Waals surface area (Å²) < 4.78 is 47.6. The number of carbonyl (C=O) groups is 1. The van der Waals surface area contributed by atoms with Crippen LogP contribution in [0.3, 0.4) is 0 Å². The largest absolute Gasteiger partial charge is 0.493 e. The maximum Gasteiger partial charge on any atom is 0.281 e. The predicted octanol–water partition coefficient (Wildman–Crippen LogP) is 3.62. The standard InChI is InChI=1S/C25H28FN5O4S/c1-16(2)15-35-19-13-17(12-18(26)14-19)21-9-8-20(24(28-21)31-10-3-4-11-31)25(32)30-36(33,34)23-7-5-6-22(27)29-23/h5-9,12-14,16H,3-4,10-11,15H2,1-2H3,(H2,27,29)(H,30,32). The van der Waals surface area contributed by atoms with Crippen molar-refractivity contribution in [3.05, 3.63) is 59.9 Å². The number of halogens is 1. The Morgan fingerprint density at radius 2 is 1.89 bits per heavy atom. The number of aromatic nitrogens is 2. The second-order valence-corrected chi connectivity index (χ2v) is 10.6. The number of anilines is 2. The number of pyridine rings is 2. The molecule has 9 nitrogen and oxygen atoms in total. The fourth-order valence-corrected chi connectivity index (χ4v) is 4.76. The van der Waals surface area contributed by atoms with Crippen molar-refractivity contribution >= 4 is 27.6 Å². The normalized spacial score (nSPS) is 13.7. The van der Waals surface area contributed by atoms with Crippen LogP contribution in [-0.2, 0) is 10.0 Å². The van der Waals surface area contributed by atoms with Crippen LogP contribution in [0.25, 0.3) is 11.3 Å². The summed E-state index contributed by atoms with van der Waals surface area (Å²) in [5.74, 6) is -0.328. The molecule has 0 aliphatic carbocycles. The van der Waals surface area contributed by atoms with Gasteiger partial charge < -0.3 is 15.4 Å². The maximum absolute atomic E-state index is 14.4. The van der Waals surface area contributed by atoms with Gasteiger partial charge in [0, 0.05) is 24.7 Å². The van der Waals surface area contributed by atoms with Crippen molar-refractivity contribution in [2.45, 2.75) is 31.7 Å². The Morgan fingerprint density at radius 3 is 2.58 bits per heavy atom. The molecule has 0 saturated carbocycles. The molecule has 3 heterocycles. The number of nitrogen functional groups attached to an aromatic ring is 1. The lowest BCUT2D eigenvalue weighted by atomic mass is 10.1. The first-order chi connectivity index (χ1) is 17.1. The average molecular weight is 514 g/mol. The smallest absolute Gasteiger partial charge is 0.281 e. The second-order valence-electron chi connectivity index (χ2n) is 8.98. The highest BCUT2D eigenvalue weighted by atomic mass is 32.2. The molecule has 0 radical (unpaired) electrons. The van der Waals surface area contributed by atoms with Gasteiger partial charge in [-0.3, -0.25) is 4.79 Å². The van der Waals surface area contributed by atoms with E-state index in [0.717, 1.165) is 12.8 Å². The monoisotopic (exact) mass is 513 g/mol. The third-order valence-corrected chi connectivity index (χ3v) is 6.76. The summed E-state index contributed by atoms with van der Waals surface area (Å²) in [5.41, 5.74) is 6.59. The summed E-state index contributed by atoms with van der Waals surface area (Å²) in [7, 11) is -4.26. The highest BCUT2D eigenvalue weighted by Crippen LogP contribution is 2.30. The Morgan fingerprint density at radius 1 is 1.14 bits per heavy atom. The minimum absolute atomic E-state index is 0.0148. The molecule has 4 rings (SSSR count). The molecular formula is C25H28FN5O4S. The first-order valence-corrected chi connectivity index (χ1v) is 13.1. The van der Waals surface area contributed by atoms with Gasteiger partial charge in [0.05, 0.1) is 17.9 Å². The van der Waals surface area contributed by atoms with Crippen molar-refractivity contribution in [1.29, 1.82) is 0 Å². The first-order valence-electron chi connectivity index (χ1n) is 11.6. The summed E-state index contributed by atoms with van der Waals surface area (Å²) in [4.78, 5) is 23.5. The molecule has 1 aliphatic rings. The van der Waals surface area contributed by atoms with Crippen LogP contribution in [0.2, 0.25) is 0 Å². The van der Waals surface area contributed by atoms with Gasteiger partial charge in [0.2, 0.25) is 0 Å². The molecule has 1 fully saturated rings.